The molecule has 86 valence electrons. The van der Waals surface area contributed by atoms with E-state index in [4.69, 9.17) is 10.2 Å². The van der Waals surface area contributed by atoms with Crippen molar-refractivity contribution < 1.29 is 24.6 Å². The molecule has 1 aromatic heterocycles. The number of hydrogen-bond acceptors (Lipinski definition) is 4. The highest BCUT2D eigenvalue weighted by Crippen LogP contribution is 1.97. The molecule has 0 spiro atoms. The van der Waals surface area contributed by atoms with Crippen LogP contribution < -0.4 is 5.32 Å². The second-order valence-corrected chi connectivity index (χ2v) is 2.93. The van der Waals surface area contributed by atoms with Crippen molar-refractivity contribution in [1.29, 1.82) is 0 Å². The van der Waals surface area contributed by atoms with Crippen LogP contribution in [0, 0.1) is 0 Å². The molecule has 0 aliphatic carbocycles. The van der Waals surface area contributed by atoms with Gasteiger partial charge in [-0.3, -0.25) is 14.7 Å². The second kappa shape index (κ2) is 4.91. The van der Waals surface area contributed by atoms with Crippen LogP contribution in [0.25, 0.3) is 0 Å². The average molecular weight is 227 g/mol. The minimum absolute atomic E-state index is 0.0663. The van der Waals surface area contributed by atoms with Crippen LogP contribution in [-0.2, 0) is 9.59 Å². The standard InChI is InChI=1S/C8H9N3O5/c12-6(13)3-5(8(15)16)10-7(14)4-1-2-9-11-4/h1-2,5H,3H2,(H,9,11)(H,10,14)(H,12,13)(H,15,16)/t5-/m0/s1. The molecule has 1 aromatic rings. The number of H-pyrrole nitrogens is 1. The molecule has 4 N–H and O–H groups in total. The van der Waals surface area contributed by atoms with Gasteiger partial charge < -0.3 is 15.5 Å². The Morgan fingerprint density at radius 3 is 2.56 bits per heavy atom. The van der Waals surface area contributed by atoms with Gasteiger partial charge in [0.25, 0.3) is 5.91 Å². The van der Waals surface area contributed by atoms with Gasteiger partial charge in [-0.25, -0.2) is 4.79 Å². The third kappa shape index (κ3) is 3.08. The van der Waals surface area contributed by atoms with Gasteiger partial charge in [-0.2, -0.15) is 5.10 Å². The summed E-state index contributed by atoms with van der Waals surface area (Å²) < 4.78 is 0. The van der Waals surface area contributed by atoms with Crippen molar-refractivity contribution in [2.75, 3.05) is 0 Å². The fraction of sp³-hybridized carbons (Fsp3) is 0.250. The van der Waals surface area contributed by atoms with Gasteiger partial charge in [0.2, 0.25) is 0 Å². The van der Waals surface area contributed by atoms with Crippen molar-refractivity contribution >= 4 is 17.8 Å². The highest BCUT2D eigenvalue weighted by molar-refractivity contribution is 5.95. The molecule has 1 heterocycles. The first-order valence-corrected chi connectivity index (χ1v) is 4.25. The van der Waals surface area contributed by atoms with E-state index < -0.39 is 30.3 Å². The Labute approximate surface area is 89.3 Å². The lowest BCUT2D eigenvalue weighted by molar-refractivity contribution is -0.145. The zero-order valence-electron chi connectivity index (χ0n) is 8.01. The van der Waals surface area contributed by atoms with Crippen molar-refractivity contribution in [2.24, 2.45) is 0 Å². The topological polar surface area (TPSA) is 132 Å². The number of hydrogen-bond donors (Lipinski definition) is 4. The van der Waals surface area contributed by atoms with E-state index in [2.05, 4.69) is 15.5 Å². The number of carbonyl (C=O) groups excluding carboxylic acids is 1. The molecule has 0 fully saturated rings. The predicted octanol–water partition coefficient (Wildman–Crippen LogP) is -0.933. The molecule has 0 bridgehead atoms. The molecule has 16 heavy (non-hydrogen) atoms. The van der Waals surface area contributed by atoms with Gasteiger partial charge in [-0.05, 0) is 6.07 Å². The first kappa shape index (κ1) is 11.7. The van der Waals surface area contributed by atoms with E-state index in [0.29, 0.717) is 0 Å². The number of carboxylic acids is 2. The molecule has 0 radical (unpaired) electrons. The van der Waals surface area contributed by atoms with Gasteiger partial charge in [0.05, 0.1) is 6.42 Å². The summed E-state index contributed by atoms with van der Waals surface area (Å²) in [6, 6.07) is -0.122. The Morgan fingerprint density at radius 2 is 2.12 bits per heavy atom. The SMILES string of the molecule is O=C(O)C[C@H](NC(=O)c1ccn[nH]1)C(=O)O. The molecule has 0 aromatic carbocycles. The van der Waals surface area contributed by atoms with E-state index >= 15 is 0 Å². The summed E-state index contributed by atoms with van der Waals surface area (Å²) in [4.78, 5) is 32.3. The molecular formula is C8H9N3O5. The lowest BCUT2D eigenvalue weighted by Crippen LogP contribution is -2.42. The normalized spacial score (nSPS) is 11.8. The number of aromatic amines is 1. The summed E-state index contributed by atoms with van der Waals surface area (Å²) in [7, 11) is 0. The van der Waals surface area contributed by atoms with Crippen molar-refractivity contribution in [3.63, 3.8) is 0 Å². The summed E-state index contributed by atoms with van der Waals surface area (Å²) >= 11 is 0. The highest BCUT2D eigenvalue weighted by atomic mass is 16.4. The molecular weight excluding hydrogens is 218 g/mol. The maximum atomic E-state index is 11.4. The van der Waals surface area contributed by atoms with Crippen LogP contribution in [-0.4, -0.2) is 44.3 Å². The van der Waals surface area contributed by atoms with Gasteiger partial charge in [-0.1, -0.05) is 0 Å². The number of carboxylic acid groups (broad SMARTS) is 2. The van der Waals surface area contributed by atoms with Gasteiger partial charge in [-0.15, -0.1) is 0 Å². The van der Waals surface area contributed by atoms with Crippen molar-refractivity contribution in [1.82, 2.24) is 15.5 Å². The Balaban J connectivity index is 2.65. The Hall–Kier alpha value is -2.38. The maximum Gasteiger partial charge on any atom is 0.326 e. The average Bonchev–Trinajstić information content (AvgIpc) is 2.68. The van der Waals surface area contributed by atoms with E-state index in [9.17, 15) is 14.4 Å². The summed E-state index contributed by atoms with van der Waals surface area (Å²) in [5.41, 5.74) is 0.0663. The molecule has 0 saturated heterocycles. The molecule has 8 nitrogen and oxygen atoms in total. The van der Waals surface area contributed by atoms with E-state index in [1.165, 1.54) is 12.3 Å². The monoisotopic (exact) mass is 227 g/mol. The highest BCUT2D eigenvalue weighted by Gasteiger charge is 2.23. The number of nitrogens with one attached hydrogen (secondary N) is 2. The van der Waals surface area contributed by atoms with Gasteiger partial charge in [0.15, 0.2) is 0 Å². The minimum Gasteiger partial charge on any atom is -0.481 e. The van der Waals surface area contributed by atoms with Crippen LogP contribution in [0.15, 0.2) is 12.3 Å². The van der Waals surface area contributed by atoms with Crippen molar-refractivity contribution in [2.45, 2.75) is 12.5 Å². The third-order valence-corrected chi connectivity index (χ3v) is 1.73. The van der Waals surface area contributed by atoms with Crippen LogP contribution in [0.2, 0.25) is 0 Å². The Bertz CT molecular complexity index is 400. The number of aliphatic carboxylic acids is 2. The number of carbonyl (C=O) groups is 3. The van der Waals surface area contributed by atoms with Crippen LogP contribution >= 0.6 is 0 Å². The molecule has 1 rings (SSSR count). The number of aromatic nitrogens is 2. The zero-order chi connectivity index (χ0) is 12.1. The molecule has 0 aliphatic rings. The molecule has 1 amide bonds. The van der Waals surface area contributed by atoms with E-state index in [-0.39, 0.29) is 5.69 Å². The molecule has 0 aliphatic heterocycles. The maximum absolute atomic E-state index is 11.4. The molecule has 8 heteroatoms. The van der Waals surface area contributed by atoms with E-state index in [1.807, 2.05) is 0 Å². The predicted molar refractivity (Wildman–Crippen MR) is 49.7 cm³/mol. The van der Waals surface area contributed by atoms with Crippen molar-refractivity contribution in [3.8, 4) is 0 Å². The summed E-state index contributed by atoms with van der Waals surface area (Å²) in [5.74, 6) is -3.43. The first-order chi connectivity index (χ1) is 7.50. The molecule has 0 unspecified atom stereocenters. The Kier molecular flexibility index (Phi) is 3.59. The van der Waals surface area contributed by atoms with Gasteiger partial charge >= 0.3 is 11.9 Å². The Morgan fingerprint density at radius 1 is 1.44 bits per heavy atom. The van der Waals surface area contributed by atoms with Crippen LogP contribution in [0.4, 0.5) is 0 Å². The van der Waals surface area contributed by atoms with Gasteiger partial charge in [0.1, 0.15) is 11.7 Å². The van der Waals surface area contributed by atoms with E-state index in [0.717, 1.165) is 0 Å². The number of amides is 1. The largest absolute Gasteiger partial charge is 0.481 e. The summed E-state index contributed by atoms with van der Waals surface area (Å²) in [5, 5.41) is 25.0. The summed E-state index contributed by atoms with van der Waals surface area (Å²) in [6.45, 7) is 0. The second-order valence-electron chi connectivity index (χ2n) is 2.93. The quantitative estimate of drug-likeness (QED) is 0.513. The fourth-order valence-electron chi connectivity index (χ4n) is 0.993. The number of nitrogens with zero attached hydrogens (tertiary/aromatic N) is 1. The van der Waals surface area contributed by atoms with Gasteiger partial charge in [0, 0.05) is 6.20 Å². The minimum atomic E-state index is -1.46. The van der Waals surface area contributed by atoms with E-state index in [1.54, 1.807) is 0 Å². The smallest absolute Gasteiger partial charge is 0.326 e. The van der Waals surface area contributed by atoms with Crippen molar-refractivity contribution in [3.05, 3.63) is 18.0 Å². The summed E-state index contributed by atoms with van der Waals surface area (Å²) in [6.07, 6.45) is 0.636. The number of rotatable bonds is 5. The molecule has 0 saturated carbocycles. The lowest BCUT2D eigenvalue weighted by atomic mass is 10.2. The first-order valence-electron chi connectivity index (χ1n) is 4.25. The zero-order valence-corrected chi connectivity index (χ0v) is 8.01. The van der Waals surface area contributed by atoms with Crippen LogP contribution in [0.3, 0.4) is 0 Å². The van der Waals surface area contributed by atoms with Crippen LogP contribution in [0.5, 0.6) is 0 Å². The molecule has 1 atom stereocenters. The van der Waals surface area contributed by atoms with Crippen LogP contribution in [0.1, 0.15) is 16.9 Å². The lowest BCUT2D eigenvalue weighted by Gasteiger charge is -2.10. The third-order valence-electron chi connectivity index (χ3n) is 1.73. The fourth-order valence-corrected chi connectivity index (χ4v) is 0.993.